The number of rotatable bonds is 7. The van der Waals surface area contributed by atoms with E-state index in [2.05, 4.69) is 212 Å². The van der Waals surface area contributed by atoms with Crippen LogP contribution in [0.5, 0.6) is 0 Å². The van der Waals surface area contributed by atoms with Gasteiger partial charge in [-0.15, -0.1) is 0 Å². The van der Waals surface area contributed by atoms with E-state index in [1.54, 1.807) is 0 Å². The molecule has 0 spiro atoms. The predicted molar refractivity (Wildman–Crippen MR) is 244 cm³/mol. The van der Waals surface area contributed by atoms with Crippen molar-refractivity contribution in [1.82, 2.24) is 9.97 Å². The Bertz CT molecular complexity index is 3080. The molecule has 1 aromatic heterocycles. The highest BCUT2D eigenvalue weighted by atomic mass is 14.9. The van der Waals surface area contributed by atoms with Gasteiger partial charge in [0.25, 0.3) is 0 Å². The molecular weight excluding hydrogens is 713 g/mol. The average Bonchev–Trinajstić information content (AvgIpc) is 3.63. The minimum atomic E-state index is -0.468. The molecule has 0 radical (unpaired) electrons. The van der Waals surface area contributed by atoms with Gasteiger partial charge in [0.05, 0.1) is 16.8 Å². The van der Waals surface area contributed by atoms with Crippen LogP contribution in [0.4, 0.5) is 0 Å². The van der Waals surface area contributed by atoms with Gasteiger partial charge in [-0.2, -0.15) is 0 Å². The lowest BCUT2D eigenvalue weighted by atomic mass is 9.67. The van der Waals surface area contributed by atoms with E-state index >= 15 is 0 Å². The lowest BCUT2D eigenvalue weighted by Crippen LogP contribution is -2.28. The van der Waals surface area contributed by atoms with E-state index in [-0.39, 0.29) is 0 Å². The SMILES string of the molecule is c1ccc(-c2ccc(-c3cc(-c4ccc(-c5cccc6c5-c5ccccc5C6(c5ccccc5)c5ccccc5)c5ccccc45)nc(-c4ccccc4)n3)cc2)cc1. The van der Waals surface area contributed by atoms with Crippen molar-refractivity contribution in [2.75, 3.05) is 0 Å². The molecule has 0 bridgehead atoms. The van der Waals surface area contributed by atoms with Crippen LogP contribution < -0.4 is 0 Å². The van der Waals surface area contributed by atoms with Crippen molar-refractivity contribution < 1.29 is 0 Å². The van der Waals surface area contributed by atoms with Crippen LogP contribution in [0.3, 0.4) is 0 Å². The maximum Gasteiger partial charge on any atom is 0.160 e. The van der Waals surface area contributed by atoms with E-state index < -0.39 is 5.41 Å². The molecule has 9 aromatic carbocycles. The summed E-state index contributed by atoms with van der Waals surface area (Å²) >= 11 is 0. The van der Waals surface area contributed by atoms with Crippen LogP contribution in [0.25, 0.3) is 78.1 Å². The summed E-state index contributed by atoms with van der Waals surface area (Å²) in [7, 11) is 0. The molecule has 0 amide bonds. The topological polar surface area (TPSA) is 25.8 Å². The van der Waals surface area contributed by atoms with Crippen LogP contribution >= 0.6 is 0 Å². The molecule has 59 heavy (non-hydrogen) atoms. The molecule has 0 N–H and O–H groups in total. The summed E-state index contributed by atoms with van der Waals surface area (Å²) in [5, 5.41) is 2.33. The fourth-order valence-electron chi connectivity index (χ4n) is 9.39. The Hall–Kier alpha value is -7.68. The molecule has 276 valence electrons. The zero-order valence-electron chi connectivity index (χ0n) is 32.3. The quantitative estimate of drug-likeness (QED) is 0.162. The standard InChI is InChI=1S/C57H38N2/c1-5-18-39(19-6-1)40-32-34-41(35-33-40)53-38-54(59-56(58-53)42-20-7-2-8-21-42)48-37-36-47(45-26-13-14-27-46(45)48)49-29-17-31-52-55(49)50-28-15-16-30-51(50)57(52,43-22-9-3-10-23-43)44-24-11-4-12-25-44/h1-38H. The lowest BCUT2D eigenvalue weighted by molar-refractivity contribution is 0.768. The smallest absolute Gasteiger partial charge is 0.160 e. The zero-order chi connectivity index (χ0) is 39.2. The molecule has 0 saturated heterocycles. The Morgan fingerprint density at radius 1 is 0.288 bits per heavy atom. The van der Waals surface area contributed by atoms with Crippen molar-refractivity contribution in [3.05, 3.63) is 253 Å². The average molecular weight is 751 g/mol. The van der Waals surface area contributed by atoms with E-state index in [9.17, 15) is 0 Å². The van der Waals surface area contributed by atoms with Crippen LogP contribution in [0.1, 0.15) is 22.3 Å². The highest BCUT2D eigenvalue weighted by molar-refractivity contribution is 6.08. The Morgan fingerprint density at radius 3 is 1.44 bits per heavy atom. The third kappa shape index (κ3) is 5.72. The van der Waals surface area contributed by atoms with Gasteiger partial charge in [-0.05, 0) is 72.5 Å². The molecule has 1 aliphatic carbocycles. The van der Waals surface area contributed by atoms with Crippen molar-refractivity contribution in [2.24, 2.45) is 0 Å². The monoisotopic (exact) mass is 750 g/mol. The highest BCUT2D eigenvalue weighted by Crippen LogP contribution is 2.58. The van der Waals surface area contributed by atoms with E-state index in [4.69, 9.17) is 9.97 Å². The molecular formula is C57H38N2. The third-order valence-corrected chi connectivity index (χ3v) is 12.0. The number of hydrogen-bond acceptors (Lipinski definition) is 2. The highest BCUT2D eigenvalue weighted by Gasteiger charge is 2.46. The summed E-state index contributed by atoms with van der Waals surface area (Å²) in [6.45, 7) is 0. The summed E-state index contributed by atoms with van der Waals surface area (Å²) in [6.07, 6.45) is 0. The third-order valence-electron chi connectivity index (χ3n) is 12.0. The molecule has 10 aromatic rings. The Balaban J connectivity index is 1.11. The van der Waals surface area contributed by atoms with Crippen molar-refractivity contribution >= 4 is 10.8 Å². The minimum absolute atomic E-state index is 0.468. The maximum absolute atomic E-state index is 5.28. The van der Waals surface area contributed by atoms with Gasteiger partial charge < -0.3 is 0 Å². The number of aromatic nitrogens is 2. The fourth-order valence-corrected chi connectivity index (χ4v) is 9.39. The molecule has 0 fully saturated rings. The molecule has 2 heteroatoms. The van der Waals surface area contributed by atoms with Gasteiger partial charge in [0, 0.05) is 16.7 Å². The lowest BCUT2D eigenvalue weighted by Gasteiger charge is -2.34. The van der Waals surface area contributed by atoms with Crippen LogP contribution in [0.15, 0.2) is 231 Å². The molecule has 0 unspecified atom stereocenters. The minimum Gasteiger partial charge on any atom is -0.228 e. The maximum atomic E-state index is 5.28. The Morgan fingerprint density at radius 2 is 0.763 bits per heavy atom. The summed E-state index contributed by atoms with van der Waals surface area (Å²) < 4.78 is 0. The normalized spacial score (nSPS) is 12.5. The Labute approximate surface area is 344 Å². The van der Waals surface area contributed by atoms with Crippen molar-refractivity contribution in [3.63, 3.8) is 0 Å². The number of benzene rings is 9. The van der Waals surface area contributed by atoms with E-state index in [0.29, 0.717) is 5.82 Å². The molecule has 2 nitrogen and oxygen atoms in total. The number of hydrogen-bond donors (Lipinski definition) is 0. The molecule has 0 atom stereocenters. The largest absolute Gasteiger partial charge is 0.228 e. The molecule has 0 aliphatic heterocycles. The fraction of sp³-hybridized carbons (Fsp3) is 0.0175. The van der Waals surface area contributed by atoms with Gasteiger partial charge in [0.15, 0.2) is 5.82 Å². The molecule has 1 aliphatic rings. The van der Waals surface area contributed by atoms with Crippen molar-refractivity contribution in [1.29, 1.82) is 0 Å². The van der Waals surface area contributed by atoms with Crippen LogP contribution in [0.2, 0.25) is 0 Å². The first-order chi connectivity index (χ1) is 29.3. The zero-order valence-corrected chi connectivity index (χ0v) is 32.3. The van der Waals surface area contributed by atoms with Crippen LogP contribution in [0, 0.1) is 0 Å². The number of nitrogens with zero attached hydrogens (tertiary/aromatic N) is 2. The van der Waals surface area contributed by atoms with Gasteiger partial charge >= 0.3 is 0 Å². The second-order valence-electron chi connectivity index (χ2n) is 15.2. The van der Waals surface area contributed by atoms with Gasteiger partial charge in [-0.1, -0.05) is 224 Å². The summed E-state index contributed by atoms with van der Waals surface area (Å²) in [5.41, 5.74) is 16.9. The van der Waals surface area contributed by atoms with Crippen LogP contribution in [-0.2, 0) is 5.41 Å². The molecule has 1 heterocycles. The first kappa shape index (κ1) is 34.6. The predicted octanol–water partition coefficient (Wildman–Crippen LogP) is 14.3. The first-order valence-corrected chi connectivity index (χ1v) is 20.2. The van der Waals surface area contributed by atoms with E-state index in [1.165, 1.54) is 61.0 Å². The summed E-state index contributed by atoms with van der Waals surface area (Å²) in [6, 6.07) is 82.9. The van der Waals surface area contributed by atoms with Gasteiger partial charge in [-0.25, -0.2) is 9.97 Å². The van der Waals surface area contributed by atoms with Gasteiger partial charge in [0.2, 0.25) is 0 Å². The first-order valence-electron chi connectivity index (χ1n) is 20.2. The second-order valence-corrected chi connectivity index (χ2v) is 15.2. The van der Waals surface area contributed by atoms with Crippen LogP contribution in [-0.4, -0.2) is 9.97 Å². The number of fused-ring (bicyclic) bond motifs is 4. The van der Waals surface area contributed by atoms with Gasteiger partial charge in [-0.3, -0.25) is 0 Å². The van der Waals surface area contributed by atoms with Crippen molar-refractivity contribution in [2.45, 2.75) is 5.41 Å². The molecule has 11 rings (SSSR count). The second kappa shape index (κ2) is 14.4. The van der Waals surface area contributed by atoms with E-state index in [0.717, 1.165) is 33.5 Å². The van der Waals surface area contributed by atoms with Gasteiger partial charge in [0.1, 0.15) is 0 Å². The van der Waals surface area contributed by atoms with E-state index in [1.807, 2.05) is 18.2 Å². The molecule has 0 saturated carbocycles. The summed E-state index contributed by atoms with van der Waals surface area (Å²) in [5.74, 6) is 0.703. The Kier molecular flexibility index (Phi) is 8.41. The summed E-state index contributed by atoms with van der Waals surface area (Å²) in [4.78, 5) is 10.4. The van der Waals surface area contributed by atoms with Crippen molar-refractivity contribution in [3.8, 4) is 67.3 Å².